The molecule has 1 aliphatic carbocycles. The SMILES string of the molecule is C[C@H]1CN(C)CCN1c1nc(S(C)(=O)=O)nc2c1CCC(c1cc(O[Si](C)(C)C(C)(C)C)cc3ccccc13)C2. The third kappa shape index (κ3) is 5.65. The van der Waals surface area contributed by atoms with Gasteiger partial charge in [0, 0.05) is 37.5 Å². The van der Waals surface area contributed by atoms with Crippen molar-refractivity contribution in [1.29, 1.82) is 0 Å². The fourth-order valence-corrected chi connectivity index (χ4v) is 7.39. The van der Waals surface area contributed by atoms with E-state index < -0.39 is 18.2 Å². The van der Waals surface area contributed by atoms with E-state index in [9.17, 15) is 8.42 Å². The van der Waals surface area contributed by atoms with Crippen LogP contribution in [0.2, 0.25) is 18.1 Å². The number of hydrogen-bond acceptors (Lipinski definition) is 7. The molecule has 1 aliphatic heterocycles. The molecule has 7 nitrogen and oxygen atoms in total. The number of benzene rings is 2. The maximum atomic E-state index is 12.7. The van der Waals surface area contributed by atoms with Crippen molar-refractivity contribution >= 4 is 34.7 Å². The zero-order valence-electron chi connectivity index (χ0n) is 25.3. The van der Waals surface area contributed by atoms with Crippen LogP contribution in [-0.2, 0) is 22.7 Å². The highest BCUT2D eigenvalue weighted by Crippen LogP contribution is 2.43. The van der Waals surface area contributed by atoms with Crippen LogP contribution < -0.4 is 9.33 Å². The molecule has 0 saturated carbocycles. The first kappa shape index (κ1) is 29.0. The van der Waals surface area contributed by atoms with Gasteiger partial charge in [0.1, 0.15) is 11.6 Å². The summed E-state index contributed by atoms with van der Waals surface area (Å²) in [4.78, 5) is 14.0. The molecule has 1 fully saturated rings. The molecule has 3 aromatic rings. The quantitative estimate of drug-likeness (QED) is 0.278. The molecule has 0 amide bonds. The topological polar surface area (TPSA) is 75.6 Å². The minimum Gasteiger partial charge on any atom is -0.543 e. The molecule has 40 heavy (non-hydrogen) atoms. The lowest BCUT2D eigenvalue weighted by molar-refractivity contribution is 0.274. The molecule has 0 bridgehead atoms. The molecule has 1 aromatic heterocycles. The van der Waals surface area contributed by atoms with Gasteiger partial charge in [0.25, 0.3) is 0 Å². The molecule has 0 spiro atoms. The average Bonchev–Trinajstić information content (AvgIpc) is 2.86. The first-order chi connectivity index (χ1) is 18.6. The second kappa shape index (κ2) is 10.4. The smallest absolute Gasteiger partial charge is 0.250 e. The van der Waals surface area contributed by atoms with Gasteiger partial charge in [0.05, 0.1) is 5.69 Å². The van der Waals surface area contributed by atoms with Crippen LogP contribution >= 0.6 is 0 Å². The Morgan fingerprint density at radius 2 is 1.80 bits per heavy atom. The van der Waals surface area contributed by atoms with Crippen LogP contribution in [0.25, 0.3) is 10.8 Å². The zero-order valence-corrected chi connectivity index (χ0v) is 27.1. The summed E-state index contributed by atoms with van der Waals surface area (Å²) < 4.78 is 32.2. The van der Waals surface area contributed by atoms with Crippen molar-refractivity contribution in [1.82, 2.24) is 14.9 Å². The third-order valence-corrected chi connectivity index (χ3v) is 14.4. The molecule has 2 heterocycles. The first-order valence-electron chi connectivity index (χ1n) is 14.4. The Kier molecular flexibility index (Phi) is 7.55. The monoisotopic (exact) mass is 580 g/mol. The van der Waals surface area contributed by atoms with Crippen molar-refractivity contribution in [2.45, 2.75) is 82.2 Å². The Morgan fingerprint density at radius 3 is 2.48 bits per heavy atom. The van der Waals surface area contributed by atoms with Crippen molar-refractivity contribution < 1.29 is 12.8 Å². The predicted octanol–water partition coefficient (Wildman–Crippen LogP) is 5.83. The summed E-state index contributed by atoms with van der Waals surface area (Å²) in [6.45, 7) is 16.2. The van der Waals surface area contributed by atoms with Crippen molar-refractivity contribution in [3.8, 4) is 5.75 Å². The van der Waals surface area contributed by atoms with Crippen molar-refractivity contribution in [3.05, 3.63) is 53.2 Å². The number of nitrogens with zero attached hydrogens (tertiary/aromatic N) is 4. The Hall–Kier alpha value is -2.49. The van der Waals surface area contributed by atoms with E-state index in [1.807, 2.05) is 0 Å². The highest BCUT2D eigenvalue weighted by molar-refractivity contribution is 7.90. The molecule has 5 rings (SSSR count). The predicted molar refractivity (Wildman–Crippen MR) is 166 cm³/mol. The summed E-state index contributed by atoms with van der Waals surface area (Å²) in [5.41, 5.74) is 3.23. The molecule has 2 aliphatic rings. The molecule has 0 N–H and O–H groups in total. The fraction of sp³-hybridized carbons (Fsp3) is 0.548. The lowest BCUT2D eigenvalue weighted by Gasteiger charge is -2.41. The van der Waals surface area contributed by atoms with Crippen molar-refractivity contribution in [2.24, 2.45) is 0 Å². The van der Waals surface area contributed by atoms with Gasteiger partial charge in [-0.15, -0.1) is 0 Å². The van der Waals surface area contributed by atoms with Gasteiger partial charge in [-0.3, -0.25) is 0 Å². The Balaban J connectivity index is 1.58. The van der Waals surface area contributed by atoms with Crippen LogP contribution in [0, 0.1) is 0 Å². The van der Waals surface area contributed by atoms with Crippen molar-refractivity contribution in [3.63, 3.8) is 0 Å². The van der Waals surface area contributed by atoms with Gasteiger partial charge in [-0.2, -0.15) is 0 Å². The van der Waals surface area contributed by atoms with Gasteiger partial charge >= 0.3 is 0 Å². The van der Waals surface area contributed by atoms with E-state index in [1.54, 1.807) is 0 Å². The molecule has 216 valence electrons. The van der Waals surface area contributed by atoms with E-state index in [4.69, 9.17) is 4.43 Å². The van der Waals surface area contributed by atoms with Crippen LogP contribution in [0.5, 0.6) is 5.75 Å². The van der Waals surface area contributed by atoms with Gasteiger partial charge in [-0.05, 0) is 85.8 Å². The molecule has 9 heteroatoms. The second-order valence-electron chi connectivity index (χ2n) is 13.4. The van der Waals surface area contributed by atoms with Crippen LogP contribution in [0.3, 0.4) is 0 Å². The van der Waals surface area contributed by atoms with Crippen LogP contribution in [0.4, 0.5) is 5.82 Å². The van der Waals surface area contributed by atoms with Crippen LogP contribution in [0.15, 0.2) is 41.6 Å². The largest absolute Gasteiger partial charge is 0.543 e. The normalized spacial score (nSPS) is 20.9. The summed E-state index contributed by atoms with van der Waals surface area (Å²) in [5.74, 6) is 1.95. The number of fused-ring (bicyclic) bond motifs is 2. The summed E-state index contributed by atoms with van der Waals surface area (Å²) >= 11 is 0. The Labute approximate surface area is 241 Å². The molecule has 0 radical (unpaired) electrons. The van der Waals surface area contributed by atoms with E-state index in [2.05, 4.69) is 104 Å². The van der Waals surface area contributed by atoms with E-state index in [0.29, 0.717) is 6.42 Å². The summed E-state index contributed by atoms with van der Waals surface area (Å²) in [5, 5.41) is 2.43. The number of aromatic nitrogens is 2. The second-order valence-corrected chi connectivity index (χ2v) is 20.0. The molecule has 1 saturated heterocycles. The van der Waals surface area contributed by atoms with Crippen LogP contribution in [0.1, 0.15) is 56.9 Å². The van der Waals surface area contributed by atoms with Gasteiger partial charge in [-0.25, -0.2) is 18.4 Å². The van der Waals surface area contributed by atoms with E-state index >= 15 is 0 Å². The molecule has 2 atom stereocenters. The third-order valence-electron chi connectivity index (χ3n) is 9.15. The number of hydrogen-bond donors (Lipinski definition) is 0. The number of anilines is 1. The van der Waals surface area contributed by atoms with Crippen molar-refractivity contribution in [2.75, 3.05) is 37.8 Å². The summed E-state index contributed by atoms with van der Waals surface area (Å²) in [6.07, 6.45) is 3.67. The highest BCUT2D eigenvalue weighted by Gasteiger charge is 2.39. The molecular formula is C31H44N4O3SSi. The number of likely N-dealkylation sites (N-methyl/N-ethyl adjacent to an activating group) is 1. The minimum absolute atomic E-state index is 0.0621. The Morgan fingerprint density at radius 1 is 1.07 bits per heavy atom. The summed E-state index contributed by atoms with van der Waals surface area (Å²) in [7, 11) is -3.46. The lowest BCUT2D eigenvalue weighted by Crippen LogP contribution is -2.51. The average molecular weight is 581 g/mol. The van der Waals surface area contributed by atoms with E-state index in [1.165, 1.54) is 22.6 Å². The van der Waals surface area contributed by atoms with Crippen LogP contribution in [-0.4, -0.2) is 70.6 Å². The molecule has 2 aromatic carbocycles. The maximum absolute atomic E-state index is 12.7. The number of sulfone groups is 1. The van der Waals surface area contributed by atoms with Gasteiger partial charge in [0.2, 0.25) is 23.3 Å². The lowest BCUT2D eigenvalue weighted by atomic mass is 9.80. The molecule has 1 unspecified atom stereocenters. The first-order valence-corrected chi connectivity index (χ1v) is 19.2. The highest BCUT2D eigenvalue weighted by atomic mass is 32.2. The number of piperazine rings is 1. The Bertz CT molecular complexity index is 1530. The van der Waals surface area contributed by atoms with E-state index in [-0.39, 0.29) is 22.2 Å². The zero-order chi connectivity index (χ0) is 29.0. The molecular weight excluding hydrogens is 537 g/mol. The fourth-order valence-electron chi connectivity index (χ4n) is 5.85. The standard InChI is InChI=1S/C31H44N4O3SSi/c1-21-20-34(5)15-16-35(21)29-26-14-13-23(18-28(26)32-30(33-29)39(6,36)37)27-19-24(38-40(7,8)31(2,3)4)17-22-11-9-10-12-25(22)27/h9-12,17,19,21,23H,13-16,18,20H2,1-8H3/t21-,23?/m0/s1. The number of rotatable bonds is 5. The van der Waals surface area contributed by atoms with Gasteiger partial charge in [0.15, 0.2) is 0 Å². The maximum Gasteiger partial charge on any atom is 0.250 e. The van der Waals surface area contributed by atoms with E-state index in [0.717, 1.165) is 55.3 Å². The van der Waals surface area contributed by atoms with Gasteiger partial charge < -0.3 is 14.2 Å². The summed E-state index contributed by atoms with van der Waals surface area (Å²) in [6, 6.07) is 13.2. The minimum atomic E-state index is -3.56. The van der Waals surface area contributed by atoms with Gasteiger partial charge in [-0.1, -0.05) is 45.0 Å².